The largest absolute Gasteiger partial charge is 0.480 e. The Balaban J connectivity index is 2.58. The van der Waals surface area contributed by atoms with Gasteiger partial charge in [-0.15, -0.1) is 0 Å². The molecule has 1 aliphatic heterocycles. The fourth-order valence-corrected chi connectivity index (χ4v) is 3.53. The maximum absolute atomic E-state index is 12.0. The van der Waals surface area contributed by atoms with Gasteiger partial charge in [0.25, 0.3) is 5.69 Å². The first kappa shape index (κ1) is 16.2. The van der Waals surface area contributed by atoms with E-state index in [1.807, 2.05) is 0 Å². The molecule has 120 valence electrons. The number of hydrogen-bond donors (Lipinski definition) is 1. The predicted octanol–water partition coefficient (Wildman–Crippen LogP) is 1.44. The van der Waals surface area contributed by atoms with Gasteiger partial charge in [-0.3, -0.25) is 10.1 Å². The van der Waals surface area contributed by atoms with Crippen LogP contribution in [-0.4, -0.2) is 43.3 Å². The van der Waals surface area contributed by atoms with Crippen molar-refractivity contribution < 1.29 is 23.2 Å². The van der Waals surface area contributed by atoms with Crippen LogP contribution in [-0.2, 0) is 14.6 Å². The number of piperidine rings is 1. The molecule has 1 aromatic carbocycles. The Morgan fingerprint density at radius 2 is 2.09 bits per heavy atom. The Morgan fingerprint density at radius 1 is 1.41 bits per heavy atom. The lowest BCUT2D eigenvalue weighted by Crippen LogP contribution is -2.45. The number of hydrogen-bond acceptors (Lipinski definition) is 6. The lowest BCUT2D eigenvalue weighted by Gasteiger charge is -2.35. The van der Waals surface area contributed by atoms with E-state index < -0.39 is 26.8 Å². The van der Waals surface area contributed by atoms with E-state index in [2.05, 4.69) is 0 Å². The zero-order chi connectivity index (χ0) is 16.5. The first-order chi connectivity index (χ1) is 10.2. The van der Waals surface area contributed by atoms with E-state index in [9.17, 15) is 28.4 Å². The molecule has 0 saturated carbocycles. The number of nitrogens with zero attached hydrogens (tertiary/aromatic N) is 2. The topological polar surface area (TPSA) is 118 Å². The highest BCUT2D eigenvalue weighted by molar-refractivity contribution is 7.90. The Kier molecular flexibility index (Phi) is 4.36. The smallest absolute Gasteiger partial charge is 0.326 e. The minimum Gasteiger partial charge on any atom is -0.480 e. The molecule has 0 spiro atoms. The fraction of sp³-hybridized carbons (Fsp3) is 0.462. The Labute approximate surface area is 127 Å². The lowest BCUT2D eigenvalue weighted by atomic mass is 10.0. The molecule has 0 aliphatic carbocycles. The first-order valence-electron chi connectivity index (χ1n) is 6.70. The molecule has 0 aromatic heterocycles. The summed E-state index contributed by atoms with van der Waals surface area (Å²) in [5, 5.41) is 20.2. The second-order valence-corrected chi connectivity index (χ2v) is 7.21. The number of nitro groups is 1. The van der Waals surface area contributed by atoms with Gasteiger partial charge in [0.1, 0.15) is 6.04 Å². The van der Waals surface area contributed by atoms with Gasteiger partial charge in [-0.05, 0) is 25.3 Å². The number of anilines is 1. The molecule has 1 heterocycles. The monoisotopic (exact) mass is 328 g/mol. The molecule has 1 atom stereocenters. The summed E-state index contributed by atoms with van der Waals surface area (Å²) in [6.07, 6.45) is 2.85. The Morgan fingerprint density at radius 3 is 2.64 bits per heavy atom. The molecule has 1 aliphatic rings. The summed E-state index contributed by atoms with van der Waals surface area (Å²) >= 11 is 0. The Bertz CT molecular complexity index is 715. The molecular formula is C13H16N2O6S. The van der Waals surface area contributed by atoms with Gasteiger partial charge in [0.2, 0.25) is 0 Å². The molecule has 8 nitrogen and oxygen atoms in total. The standard InChI is InChI=1S/C13H16N2O6S/c1-22(20,21)12-8-9(15(18)19)5-6-10(12)14-7-3-2-4-11(14)13(16)17/h5-6,8,11H,2-4,7H2,1H3,(H,16,17)/t11-/m1/s1. The zero-order valence-corrected chi connectivity index (χ0v) is 12.7. The van der Waals surface area contributed by atoms with Gasteiger partial charge >= 0.3 is 5.97 Å². The van der Waals surface area contributed by atoms with Gasteiger partial charge in [-0.2, -0.15) is 0 Å². The number of aliphatic carboxylic acids is 1. The molecule has 1 fully saturated rings. The minimum absolute atomic E-state index is 0.209. The van der Waals surface area contributed by atoms with Crippen LogP contribution in [0, 0.1) is 10.1 Å². The average molecular weight is 328 g/mol. The maximum atomic E-state index is 12.0. The lowest BCUT2D eigenvalue weighted by molar-refractivity contribution is -0.385. The van der Waals surface area contributed by atoms with E-state index in [0.717, 1.165) is 25.2 Å². The van der Waals surface area contributed by atoms with Gasteiger partial charge in [0, 0.05) is 24.9 Å². The summed E-state index contributed by atoms with van der Waals surface area (Å²) in [7, 11) is -3.73. The van der Waals surface area contributed by atoms with Crippen molar-refractivity contribution in [2.75, 3.05) is 17.7 Å². The Hall–Kier alpha value is -2.16. The van der Waals surface area contributed by atoms with Crippen molar-refractivity contribution in [1.29, 1.82) is 0 Å². The highest BCUT2D eigenvalue weighted by Crippen LogP contribution is 2.33. The van der Waals surface area contributed by atoms with Gasteiger partial charge in [-0.25, -0.2) is 13.2 Å². The van der Waals surface area contributed by atoms with Crippen molar-refractivity contribution in [2.24, 2.45) is 0 Å². The summed E-state index contributed by atoms with van der Waals surface area (Å²) in [5.41, 5.74) is -0.131. The van der Waals surface area contributed by atoms with Gasteiger partial charge < -0.3 is 10.0 Å². The zero-order valence-electron chi connectivity index (χ0n) is 11.9. The molecule has 1 N–H and O–H groups in total. The minimum atomic E-state index is -3.73. The highest BCUT2D eigenvalue weighted by Gasteiger charge is 2.32. The van der Waals surface area contributed by atoms with Crippen molar-refractivity contribution in [3.05, 3.63) is 28.3 Å². The van der Waals surface area contributed by atoms with Crippen LogP contribution in [0.5, 0.6) is 0 Å². The summed E-state index contributed by atoms with van der Waals surface area (Å²) in [6, 6.07) is 2.67. The molecule has 0 radical (unpaired) electrons. The van der Waals surface area contributed by atoms with Crippen LogP contribution in [0.4, 0.5) is 11.4 Å². The van der Waals surface area contributed by atoms with Crippen LogP contribution in [0.1, 0.15) is 19.3 Å². The maximum Gasteiger partial charge on any atom is 0.326 e. The fourth-order valence-electron chi connectivity index (χ4n) is 2.63. The third-order valence-corrected chi connectivity index (χ3v) is 4.78. The molecule has 22 heavy (non-hydrogen) atoms. The number of non-ortho nitro benzene ring substituents is 1. The van der Waals surface area contributed by atoms with Crippen molar-refractivity contribution >= 4 is 27.2 Å². The summed E-state index contributed by atoms with van der Waals surface area (Å²) < 4.78 is 23.9. The molecule has 0 unspecified atom stereocenters. The molecule has 2 rings (SSSR count). The van der Waals surface area contributed by atoms with Crippen LogP contribution in [0.3, 0.4) is 0 Å². The average Bonchev–Trinajstić information content (AvgIpc) is 2.45. The van der Waals surface area contributed by atoms with E-state index in [0.29, 0.717) is 13.0 Å². The van der Waals surface area contributed by atoms with Gasteiger partial charge in [0.15, 0.2) is 9.84 Å². The van der Waals surface area contributed by atoms with Crippen LogP contribution in [0.15, 0.2) is 23.1 Å². The third kappa shape index (κ3) is 3.19. The number of benzene rings is 1. The molecule has 1 saturated heterocycles. The number of nitro benzene ring substituents is 1. The van der Waals surface area contributed by atoms with E-state index in [1.165, 1.54) is 17.0 Å². The van der Waals surface area contributed by atoms with Gasteiger partial charge in [-0.1, -0.05) is 0 Å². The first-order valence-corrected chi connectivity index (χ1v) is 8.59. The molecule has 0 amide bonds. The van der Waals surface area contributed by atoms with Crippen molar-refractivity contribution in [3.63, 3.8) is 0 Å². The van der Waals surface area contributed by atoms with E-state index in [4.69, 9.17) is 0 Å². The van der Waals surface area contributed by atoms with Crippen LogP contribution in [0.25, 0.3) is 0 Å². The number of carboxylic acids is 1. The number of carboxylic acid groups (broad SMARTS) is 1. The normalized spacial score (nSPS) is 19.0. The van der Waals surface area contributed by atoms with E-state index in [-0.39, 0.29) is 16.3 Å². The van der Waals surface area contributed by atoms with E-state index in [1.54, 1.807) is 0 Å². The molecule has 1 aromatic rings. The summed E-state index contributed by atoms with van der Waals surface area (Å²) in [5.74, 6) is -1.03. The van der Waals surface area contributed by atoms with Crippen LogP contribution >= 0.6 is 0 Å². The molecule has 9 heteroatoms. The number of carbonyl (C=O) groups is 1. The number of sulfone groups is 1. The van der Waals surface area contributed by atoms with Gasteiger partial charge in [0.05, 0.1) is 15.5 Å². The number of rotatable bonds is 4. The third-order valence-electron chi connectivity index (χ3n) is 3.65. The highest BCUT2D eigenvalue weighted by atomic mass is 32.2. The van der Waals surface area contributed by atoms with Crippen molar-refractivity contribution in [3.8, 4) is 0 Å². The molecule has 0 bridgehead atoms. The SMILES string of the molecule is CS(=O)(=O)c1cc([N+](=O)[O-])ccc1N1CCCC[C@@H]1C(=O)O. The second-order valence-electron chi connectivity index (χ2n) is 5.22. The predicted molar refractivity (Wildman–Crippen MR) is 78.8 cm³/mol. The van der Waals surface area contributed by atoms with Crippen LogP contribution < -0.4 is 4.90 Å². The van der Waals surface area contributed by atoms with Crippen LogP contribution in [0.2, 0.25) is 0 Å². The molecular weight excluding hydrogens is 312 g/mol. The quantitative estimate of drug-likeness (QED) is 0.656. The van der Waals surface area contributed by atoms with Crippen molar-refractivity contribution in [1.82, 2.24) is 0 Å². The van der Waals surface area contributed by atoms with Crippen molar-refractivity contribution in [2.45, 2.75) is 30.2 Å². The summed E-state index contributed by atoms with van der Waals surface area (Å²) in [6.45, 7) is 0.400. The summed E-state index contributed by atoms with van der Waals surface area (Å²) in [4.78, 5) is 22.8. The van der Waals surface area contributed by atoms with E-state index >= 15 is 0 Å². The second kappa shape index (κ2) is 5.91.